The summed E-state index contributed by atoms with van der Waals surface area (Å²) in [5.74, 6) is 0.951. The minimum absolute atomic E-state index is 0.134. The quantitative estimate of drug-likeness (QED) is 0.870. The number of methoxy groups -OCH3 is 1. The van der Waals surface area contributed by atoms with Crippen LogP contribution in [0.1, 0.15) is 12.8 Å². The van der Waals surface area contributed by atoms with Crippen molar-refractivity contribution in [2.45, 2.75) is 18.9 Å². The Bertz CT molecular complexity index is 901. The molecule has 2 heterocycles. The highest BCUT2D eigenvalue weighted by molar-refractivity contribution is 7.88. The third kappa shape index (κ3) is 3.36. The van der Waals surface area contributed by atoms with Crippen LogP contribution in [0.15, 0.2) is 23.3 Å². The molecule has 1 aromatic carbocycles. The number of H-pyrrole nitrogens is 1. The van der Waals surface area contributed by atoms with Crippen molar-refractivity contribution in [2.75, 3.05) is 26.5 Å². The summed E-state index contributed by atoms with van der Waals surface area (Å²) < 4.78 is 35.9. The van der Waals surface area contributed by atoms with Gasteiger partial charge in [-0.15, -0.1) is 0 Å². The Morgan fingerprint density at radius 3 is 2.58 bits per heavy atom. The molecule has 3 rings (SSSR count). The van der Waals surface area contributed by atoms with Crippen molar-refractivity contribution >= 4 is 20.9 Å². The van der Waals surface area contributed by atoms with Gasteiger partial charge >= 0.3 is 0 Å². The summed E-state index contributed by atoms with van der Waals surface area (Å²) in [4.78, 5) is 18.6. The fraction of sp³-hybridized carbons (Fsp3) is 0.467. The zero-order valence-corrected chi connectivity index (χ0v) is 14.3. The minimum atomic E-state index is -3.17. The normalized spacial score (nSPS) is 17.1. The van der Waals surface area contributed by atoms with E-state index in [4.69, 9.17) is 9.47 Å². The van der Waals surface area contributed by atoms with Crippen LogP contribution in [0, 0.1) is 0 Å². The molecule has 130 valence electrons. The highest BCUT2D eigenvalue weighted by Crippen LogP contribution is 2.32. The number of nitrogens with zero attached hydrogens (tertiary/aromatic N) is 2. The standard InChI is InChI=1S/C15H19N3O5S/c1-22-13-8-12-11(15(19)17-9-16-12)7-14(13)23-10-3-5-18(6-4-10)24(2,20)21/h7-10H,3-6H2,1-2H3,(H,16,17,19). The maximum absolute atomic E-state index is 11.9. The molecule has 1 fully saturated rings. The van der Waals surface area contributed by atoms with Gasteiger partial charge in [0.2, 0.25) is 10.0 Å². The van der Waals surface area contributed by atoms with E-state index in [1.165, 1.54) is 24.0 Å². The van der Waals surface area contributed by atoms with Crippen LogP contribution in [0.25, 0.3) is 10.9 Å². The van der Waals surface area contributed by atoms with Gasteiger partial charge in [0.1, 0.15) is 6.10 Å². The average Bonchev–Trinajstić information content (AvgIpc) is 2.55. The SMILES string of the molecule is COc1cc2nc[nH]c(=O)c2cc1OC1CCN(S(C)(=O)=O)CC1. The Kier molecular flexibility index (Phi) is 4.46. The highest BCUT2D eigenvalue weighted by Gasteiger charge is 2.26. The van der Waals surface area contributed by atoms with Crippen LogP contribution < -0.4 is 15.0 Å². The first-order valence-electron chi connectivity index (χ1n) is 7.55. The molecule has 0 bridgehead atoms. The summed E-state index contributed by atoms with van der Waals surface area (Å²) in [6.45, 7) is 0.836. The lowest BCUT2D eigenvalue weighted by atomic mass is 10.1. The zero-order chi connectivity index (χ0) is 17.3. The number of hydrogen-bond acceptors (Lipinski definition) is 6. The van der Waals surface area contributed by atoms with E-state index in [-0.39, 0.29) is 11.7 Å². The number of piperidine rings is 1. The second kappa shape index (κ2) is 6.40. The van der Waals surface area contributed by atoms with Crippen molar-refractivity contribution in [3.8, 4) is 11.5 Å². The van der Waals surface area contributed by atoms with E-state index in [0.717, 1.165) is 0 Å². The van der Waals surface area contributed by atoms with Crippen molar-refractivity contribution in [3.63, 3.8) is 0 Å². The molecule has 0 amide bonds. The van der Waals surface area contributed by atoms with Crippen molar-refractivity contribution < 1.29 is 17.9 Å². The van der Waals surface area contributed by atoms with Gasteiger partial charge < -0.3 is 14.5 Å². The summed E-state index contributed by atoms with van der Waals surface area (Å²) in [6, 6.07) is 3.27. The first-order valence-corrected chi connectivity index (χ1v) is 9.40. The molecule has 9 heteroatoms. The summed E-state index contributed by atoms with van der Waals surface area (Å²) in [6.07, 6.45) is 3.57. The van der Waals surface area contributed by atoms with Crippen LogP contribution in [0.3, 0.4) is 0 Å². The van der Waals surface area contributed by atoms with Crippen LogP contribution in [0.4, 0.5) is 0 Å². The van der Waals surface area contributed by atoms with Gasteiger partial charge in [-0.05, 0) is 18.9 Å². The van der Waals surface area contributed by atoms with Crippen molar-refractivity contribution in [1.29, 1.82) is 0 Å². The summed E-state index contributed by atoms with van der Waals surface area (Å²) >= 11 is 0. The maximum Gasteiger partial charge on any atom is 0.258 e. The highest BCUT2D eigenvalue weighted by atomic mass is 32.2. The summed E-state index contributed by atoms with van der Waals surface area (Å²) in [5, 5.41) is 0.418. The van der Waals surface area contributed by atoms with Gasteiger partial charge in [0.25, 0.3) is 5.56 Å². The summed E-state index contributed by atoms with van der Waals surface area (Å²) in [5.41, 5.74) is 0.272. The van der Waals surface area contributed by atoms with E-state index in [2.05, 4.69) is 9.97 Å². The van der Waals surface area contributed by atoms with Crippen molar-refractivity contribution in [2.24, 2.45) is 0 Å². The Morgan fingerprint density at radius 1 is 1.25 bits per heavy atom. The van der Waals surface area contributed by atoms with Crippen LogP contribution in [0.2, 0.25) is 0 Å². The van der Waals surface area contributed by atoms with Crippen LogP contribution >= 0.6 is 0 Å². The summed E-state index contributed by atoms with van der Waals surface area (Å²) in [7, 11) is -1.65. The van der Waals surface area contributed by atoms with Gasteiger partial charge in [-0.25, -0.2) is 17.7 Å². The van der Waals surface area contributed by atoms with E-state index in [1.807, 2.05) is 0 Å². The van der Waals surface area contributed by atoms with Gasteiger partial charge in [-0.3, -0.25) is 4.79 Å². The second-order valence-electron chi connectivity index (χ2n) is 5.73. The van der Waals surface area contributed by atoms with E-state index in [0.29, 0.717) is 48.3 Å². The Hall–Kier alpha value is -2.13. The van der Waals surface area contributed by atoms with E-state index in [1.54, 1.807) is 12.1 Å². The first-order chi connectivity index (χ1) is 11.4. The van der Waals surface area contributed by atoms with Gasteiger partial charge in [0, 0.05) is 19.2 Å². The molecule has 24 heavy (non-hydrogen) atoms. The van der Waals surface area contributed by atoms with Gasteiger partial charge in [0.05, 0.1) is 30.6 Å². The predicted octanol–water partition coefficient (Wildman–Crippen LogP) is 0.734. The number of benzene rings is 1. The Morgan fingerprint density at radius 2 is 1.96 bits per heavy atom. The molecule has 1 N–H and O–H groups in total. The first kappa shape index (κ1) is 16.7. The topological polar surface area (TPSA) is 102 Å². The molecular formula is C15H19N3O5S. The number of aromatic amines is 1. The maximum atomic E-state index is 11.9. The molecule has 0 radical (unpaired) electrons. The molecular weight excluding hydrogens is 334 g/mol. The second-order valence-corrected chi connectivity index (χ2v) is 7.71. The molecule has 8 nitrogen and oxygen atoms in total. The lowest BCUT2D eigenvalue weighted by molar-refractivity contribution is 0.131. The third-order valence-corrected chi connectivity index (χ3v) is 5.39. The third-order valence-electron chi connectivity index (χ3n) is 4.09. The number of aromatic nitrogens is 2. The van der Waals surface area contributed by atoms with Gasteiger partial charge in [-0.2, -0.15) is 0 Å². The molecule has 1 aliphatic rings. The van der Waals surface area contributed by atoms with Gasteiger partial charge in [0.15, 0.2) is 11.5 Å². The molecule has 0 spiro atoms. The predicted molar refractivity (Wildman–Crippen MR) is 89.0 cm³/mol. The van der Waals surface area contributed by atoms with E-state index >= 15 is 0 Å². The molecule has 2 aromatic rings. The monoisotopic (exact) mass is 353 g/mol. The molecule has 0 unspecified atom stereocenters. The van der Waals surface area contributed by atoms with E-state index < -0.39 is 10.0 Å². The molecule has 0 aliphatic carbocycles. The van der Waals surface area contributed by atoms with E-state index in [9.17, 15) is 13.2 Å². The lowest BCUT2D eigenvalue weighted by Gasteiger charge is -2.30. The fourth-order valence-electron chi connectivity index (χ4n) is 2.79. The van der Waals surface area contributed by atoms with Crippen LogP contribution in [0.5, 0.6) is 11.5 Å². The van der Waals surface area contributed by atoms with Gasteiger partial charge in [-0.1, -0.05) is 0 Å². The number of hydrogen-bond donors (Lipinski definition) is 1. The number of fused-ring (bicyclic) bond motifs is 1. The zero-order valence-electron chi connectivity index (χ0n) is 13.5. The number of rotatable bonds is 4. The number of sulfonamides is 1. The largest absolute Gasteiger partial charge is 0.493 e. The average molecular weight is 353 g/mol. The number of nitrogens with one attached hydrogen (secondary N) is 1. The minimum Gasteiger partial charge on any atom is -0.493 e. The van der Waals surface area contributed by atoms with Crippen LogP contribution in [-0.2, 0) is 10.0 Å². The molecule has 1 saturated heterocycles. The molecule has 1 aromatic heterocycles. The number of ether oxygens (including phenoxy) is 2. The Labute approximate surface area is 139 Å². The molecule has 0 saturated carbocycles. The Balaban J connectivity index is 1.83. The fourth-order valence-corrected chi connectivity index (χ4v) is 3.66. The smallest absolute Gasteiger partial charge is 0.258 e. The molecule has 1 aliphatic heterocycles. The molecule has 0 atom stereocenters. The van der Waals surface area contributed by atoms with Crippen LogP contribution in [-0.4, -0.2) is 55.3 Å². The van der Waals surface area contributed by atoms with Crippen molar-refractivity contribution in [3.05, 3.63) is 28.8 Å². The van der Waals surface area contributed by atoms with Crippen molar-refractivity contribution in [1.82, 2.24) is 14.3 Å². The lowest BCUT2D eigenvalue weighted by Crippen LogP contribution is -2.41.